The molecule has 0 aromatic carbocycles. The molecular weight excluding hydrogens is 441 g/mol. The monoisotopic (exact) mass is 470 g/mol. The Morgan fingerprint density at radius 1 is 1.16 bits per heavy atom. The highest BCUT2D eigenvalue weighted by Gasteiger charge is 2.43. The van der Waals surface area contributed by atoms with Crippen molar-refractivity contribution >= 4 is 0 Å². The van der Waals surface area contributed by atoms with Crippen molar-refractivity contribution in [3.05, 3.63) is 58.9 Å². The predicted molar refractivity (Wildman–Crippen MR) is 109 cm³/mol. The van der Waals surface area contributed by atoms with Gasteiger partial charge in [0.25, 0.3) is 0 Å². The Hall–Kier alpha value is -2.03. The highest BCUT2D eigenvalue weighted by molar-refractivity contribution is 5.31. The summed E-state index contributed by atoms with van der Waals surface area (Å²) in [4.78, 5) is 0. The molecule has 1 heterocycles. The molecule has 0 N–H and O–H groups in total. The molecule has 3 atom stereocenters. The lowest BCUT2D eigenvalue weighted by Crippen LogP contribution is -2.29. The van der Waals surface area contributed by atoms with E-state index in [4.69, 9.17) is 4.74 Å². The van der Waals surface area contributed by atoms with Crippen LogP contribution in [0.3, 0.4) is 0 Å². The van der Waals surface area contributed by atoms with Crippen LogP contribution in [0.4, 0.5) is 30.7 Å². The molecule has 0 radical (unpaired) electrons. The third-order valence-electron chi connectivity index (χ3n) is 4.92. The van der Waals surface area contributed by atoms with Crippen LogP contribution in [0, 0.1) is 5.92 Å². The highest BCUT2D eigenvalue weighted by Crippen LogP contribution is 2.37. The van der Waals surface area contributed by atoms with Gasteiger partial charge in [0.05, 0.1) is 6.10 Å². The summed E-state index contributed by atoms with van der Waals surface area (Å²) in [7, 11) is 0. The smallest absolute Gasteiger partial charge is 0.428 e. The predicted octanol–water partition coefficient (Wildman–Crippen LogP) is 8.26. The molecule has 1 aliphatic rings. The van der Waals surface area contributed by atoms with Gasteiger partial charge in [-0.1, -0.05) is 26.8 Å². The number of hydrogen-bond acceptors (Lipinski definition) is 2. The minimum absolute atomic E-state index is 0.175. The van der Waals surface area contributed by atoms with Crippen molar-refractivity contribution in [2.24, 2.45) is 5.92 Å². The maximum absolute atomic E-state index is 14.8. The summed E-state index contributed by atoms with van der Waals surface area (Å²) in [6.45, 7) is 8.42. The zero-order chi connectivity index (χ0) is 24.6. The minimum Gasteiger partial charge on any atom is -0.433 e. The van der Waals surface area contributed by atoms with E-state index in [1.54, 1.807) is 0 Å². The maximum Gasteiger partial charge on any atom is 0.428 e. The molecule has 1 rings (SSSR count). The average molecular weight is 470 g/mol. The molecule has 9 heteroatoms. The first-order valence-corrected chi connectivity index (χ1v) is 10.3. The molecule has 2 nitrogen and oxygen atoms in total. The summed E-state index contributed by atoms with van der Waals surface area (Å²) in [6.07, 6.45) is -4.67. The van der Waals surface area contributed by atoms with Crippen LogP contribution in [0.1, 0.15) is 53.4 Å². The van der Waals surface area contributed by atoms with Crippen LogP contribution in [-0.2, 0) is 9.47 Å². The normalized spacial score (nSPS) is 23.7. The molecule has 1 aliphatic heterocycles. The number of hydrogen-bond donors (Lipinski definition) is 0. The Bertz CT molecular complexity index is 794. The van der Waals surface area contributed by atoms with Gasteiger partial charge < -0.3 is 9.47 Å². The molecule has 32 heavy (non-hydrogen) atoms. The maximum atomic E-state index is 14.8. The van der Waals surface area contributed by atoms with Crippen molar-refractivity contribution in [1.29, 1.82) is 0 Å². The number of allylic oxidation sites excluding steroid dienone is 7. The van der Waals surface area contributed by atoms with Gasteiger partial charge in [-0.15, -0.1) is 0 Å². The largest absolute Gasteiger partial charge is 0.433 e. The summed E-state index contributed by atoms with van der Waals surface area (Å²) in [5.74, 6) is -7.70. The van der Waals surface area contributed by atoms with Crippen molar-refractivity contribution in [2.75, 3.05) is 6.61 Å². The van der Waals surface area contributed by atoms with E-state index in [0.717, 1.165) is 18.9 Å². The zero-order valence-corrected chi connectivity index (χ0v) is 18.6. The molecule has 182 valence electrons. The molecule has 0 aromatic rings. The van der Waals surface area contributed by atoms with E-state index in [1.165, 1.54) is 13.8 Å². The van der Waals surface area contributed by atoms with Crippen molar-refractivity contribution in [2.45, 2.75) is 71.8 Å². The van der Waals surface area contributed by atoms with E-state index >= 15 is 0 Å². The van der Waals surface area contributed by atoms with E-state index in [-0.39, 0.29) is 6.08 Å². The van der Waals surface area contributed by atoms with E-state index in [9.17, 15) is 30.7 Å². The van der Waals surface area contributed by atoms with E-state index in [0.29, 0.717) is 31.4 Å². The van der Waals surface area contributed by atoms with E-state index in [2.05, 4.69) is 11.3 Å². The summed E-state index contributed by atoms with van der Waals surface area (Å²) in [5, 5.41) is 0. The molecule has 0 bridgehead atoms. The van der Waals surface area contributed by atoms with Gasteiger partial charge >= 0.3 is 6.11 Å². The second-order valence-electron chi connectivity index (χ2n) is 7.77. The number of alkyl halides is 3. The van der Waals surface area contributed by atoms with Crippen LogP contribution < -0.4 is 0 Å². The standard InChI is InChI=1S/C23H29F7O2/c1-6-17(11-19(27)22(28)16(5)25)32-23(29,30)21(15(4)24)18(26)10-14(3)20-9-7-8-13(2)12-31-20/h10-11,13,15,20H,5-9,12H2,1-4H3/b14-10+,17-11+,21-18-,22-19-. The Morgan fingerprint density at radius 3 is 2.31 bits per heavy atom. The van der Waals surface area contributed by atoms with E-state index in [1.807, 2.05) is 6.92 Å². The van der Waals surface area contributed by atoms with Crippen LogP contribution in [0.2, 0.25) is 0 Å². The molecule has 0 aromatic heterocycles. The third-order valence-corrected chi connectivity index (χ3v) is 4.92. The molecule has 3 unspecified atom stereocenters. The average Bonchev–Trinajstić information content (AvgIpc) is 2.90. The third kappa shape index (κ3) is 8.15. The van der Waals surface area contributed by atoms with Gasteiger partial charge in [-0.25, -0.2) is 22.0 Å². The van der Waals surface area contributed by atoms with Crippen molar-refractivity contribution in [3.8, 4) is 0 Å². The first-order valence-electron chi connectivity index (χ1n) is 10.3. The second-order valence-corrected chi connectivity index (χ2v) is 7.77. The van der Waals surface area contributed by atoms with Crippen LogP contribution in [0.25, 0.3) is 0 Å². The number of rotatable bonds is 9. The van der Waals surface area contributed by atoms with Crippen molar-refractivity contribution in [3.63, 3.8) is 0 Å². The van der Waals surface area contributed by atoms with Crippen LogP contribution in [0.5, 0.6) is 0 Å². The Labute approximate surface area is 184 Å². The Kier molecular flexibility index (Phi) is 10.7. The van der Waals surface area contributed by atoms with Crippen LogP contribution in [0.15, 0.2) is 58.9 Å². The minimum atomic E-state index is -4.53. The molecule has 0 saturated carbocycles. The Morgan fingerprint density at radius 2 is 1.78 bits per heavy atom. The fraction of sp³-hybridized carbons (Fsp3) is 0.565. The molecule has 1 saturated heterocycles. The quantitative estimate of drug-likeness (QED) is 0.192. The van der Waals surface area contributed by atoms with Gasteiger partial charge in [0.2, 0.25) is 0 Å². The first kappa shape index (κ1) is 28.0. The highest BCUT2D eigenvalue weighted by atomic mass is 19.3. The topological polar surface area (TPSA) is 18.5 Å². The number of ether oxygens (including phenoxy) is 2. The van der Waals surface area contributed by atoms with Crippen LogP contribution in [-0.4, -0.2) is 25.0 Å². The van der Waals surface area contributed by atoms with Crippen LogP contribution >= 0.6 is 0 Å². The van der Waals surface area contributed by atoms with Gasteiger partial charge in [-0.3, -0.25) is 0 Å². The van der Waals surface area contributed by atoms with Gasteiger partial charge in [-0.05, 0) is 44.3 Å². The van der Waals surface area contributed by atoms with Gasteiger partial charge in [0, 0.05) is 19.1 Å². The summed E-state index contributed by atoms with van der Waals surface area (Å²) in [5.41, 5.74) is -1.31. The van der Waals surface area contributed by atoms with Crippen molar-refractivity contribution in [1.82, 2.24) is 0 Å². The van der Waals surface area contributed by atoms with E-state index < -0.39 is 59.4 Å². The molecule has 1 fully saturated rings. The summed E-state index contributed by atoms with van der Waals surface area (Å²) < 4.78 is 108. The van der Waals surface area contributed by atoms with Gasteiger partial charge in [0.15, 0.2) is 17.5 Å². The lowest BCUT2D eigenvalue weighted by atomic mass is 10.0. The summed E-state index contributed by atoms with van der Waals surface area (Å²) >= 11 is 0. The SMILES string of the molecule is C=C(F)/C(F)=C(F)\C=C(/CC)OC(F)(F)/C(=C(F)/C=C(\C)C1CCCC(C)CO1)C(C)F. The molecule has 0 spiro atoms. The fourth-order valence-electron chi connectivity index (χ4n) is 3.15. The molecular formula is C23H29F7O2. The zero-order valence-electron chi connectivity index (χ0n) is 18.6. The molecule has 0 amide bonds. The first-order chi connectivity index (χ1) is 14.8. The Balaban J connectivity index is 3.27. The fourth-order valence-corrected chi connectivity index (χ4v) is 3.15. The molecule has 0 aliphatic carbocycles. The van der Waals surface area contributed by atoms with Gasteiger partial charge in [-0.2, -0.15) is 8.78 Å². The van der Waals surface area contributed by atoms with Gasteiger partial charge in [0.1, 0.15) is 23.3 Å². The lowest BCUT2D eigenvalue weighted by molar-refractivity contribution is -0.190. The number of halogens is 7. The summed E-state index contributed by atoms with van der Waals surface area (Å²) in [6, 6.07) is 0. The second kappa shape index (κ2) is 12.3. The van der Waals surface area contributed by atoms with Crippen molar-refractivity contribution < 1.29 is 40.2 Å². The lowest BCUT2D eigenvalue weighted by Gasteiger charge is -2.24.